The van der Waals surface area contributed by atoms with E-state index in [1.165, 1.54) is 0 Å². The number of carbonyl (C=O) groups is 1. The lowest BCUT2D eigenvalue weighted by atomic mass is 10.1. The summed E-state index contributed by atoms with van der Waals surface area (Å²) in [6.07, 6.45) is 0.550. The highest BCUT2D eigenvalue weighted by atomic mass is 16.5. The zero-order chi connectivity index (χ0) is 24.2. The van der Waals surface area contributed by atoms with Crippen LogP contribution in [0.5, 0.6) is 5.75 Å². The first-order valence-electron chi connectivity index (χ1n) is 11.4. The second-order valence-corrected chi connectivity index (χ2v) is 8.26. The van der Waals surface area contributed by atoms with Gasteiger partial charge < -0.3 is 15.0 Å². The van der Waals surface area contributed by atoms with Crippen molar-refractivity contribution in [3.63, 3.8) is 0 Å². The molecule has 0 radical (unpaired) electrons. The largest absolute Gasteiger partial charge is 0.497 e. The highest BCUT2D eigenvalue weighted by Gasteiger charge is 2.20. The molecule has 2 aromatic heterocycles. The van der Waals surface area contributed by atoms with Gasteiger partial charge in [-0.1, -0.05) is 42.5 Å². The molecule has 0 aliphatic heterocycles. The van der Waals surface area contributed by atoms with E-state index in [9.17, 15) is 4.79 Å². The number of methoxy groups -OCH3 is 1. The number of benzene rings is 3. The predicted octanol–water partition coefficient (Wildman–Crippen LogP) is 5.17. The Morgan fingerprint density at radius 3 is 2.51 bits per heavy atom. The van der Waals surface area contributed by atoms with Crippen LogP contribution in [0.2, 0.25) is 0 Å². The molecule has 8 nitrogen and oxygen atoms in total. The first kappa shape index (κ1) is 22.2. The average Bonchev–Trinajstić information content (AvgIpc) is 3.48. The highest BCUT2D eigenvalue weighted by Crippen LogP contribution is 2.22. The maximum Gasteiger partial charge on any atom is 0.321 e. The molecule has 0 aliphatic carbocycles. The lowest BCUT2D eigenvalue weighted by Gasteiger charge is -2.18. The van der Waals surface area contributed by atoms with E-state index in [1.807, 2.05) is 91.9 Å². The van der Waals surface area contributed by atoms with Crippen LogP contribution in [0, 0.1) is 6.92 Å². The Balaban J connectivity index is 1.40. The number of hydrogen-bond donors (Lipinski definition) is 3. The summed E-state index contributed by atoms with van der Waals surface area (Å²) in [5, 5.41) is 10.6. The van der Waals surface area contributed by atoms with Crippen molar-refractivity contribution >= 4 is 22.9 Å². The third kappa shape index (κ3) is 5.01. The molecule has 1 atom stereocenters. The number of para-hydroxylation sites is 3. The van der Waals surface area contributed by atoms with E-state index >= 15 is 0 Å². The molecule has 2 heterocycles. The molecule has 3 N–H and O–H groups in total. The number of amides is 2. The number of aromatic nitrogens is 4. The fourth-order valence-corrected chi connectivity index (χ4v) is 4.02. The maximum absolute atomic E-state index is 13.2. The van der Waals surface area contributed by atoms with Gasteiger partial charge in [0.05, 0.1) is 35.6 Å². The molecule has 0 aliphatic rings. The minimum atomic E-state index is -0.384. The van der Waals surface area contributed by atoms with E-state index in [2.05, 4.69) is 20.7 Å². The van der Waals surface area contributed by atoms with Gasteiger partial charge in [0.1, 0.15) is 17.4 Å². The second-order valence-electron chi connectivity index (χ2n) is 8.26. The standard InChI is InChI=1S/C27H26N6O2/c1-18-16-25(33(32-18)20-8-4-3-5-9-20)31-27(34)30-24(17-19-12-14-21(35-2)15-13-19)26-28-22-10-6-7-11-23(22)29-26/h3-16,24H,17H2,1-2H3,(H,28,29)(H2,30,31,34)/t24-/m1/s1. The second kappa shape index (κ2) is 9.72. The van der Waals surface area contributed by atoms with Crippen LogP contribution in [0.4, 0.5) is 10.6 Å². The topological polar surface area (TPSA) is 96.9 Å². The van der Waals surface area contributed by atoms with Crippen molar-refractivity contribution in [2.45, 2.75) is 19.4 Å². The van der Waals surface area contributed by atoms with E-state index in [1.54, 1.807) is 11.8 Å². The number of rotatable bonds is 7. The summed E-state index contributed by atoms with van der Waals surface area (Å²) < 4.78 is 6.99. The van der Waals surface area contributed by atoms with E-state index in [4.69, 9.17) is 9.72 Å². The Hall–Kier alpha value is -4.59. The number of urea groups is 1. The molecule has 5 rings (SSSR count). The smallest absolute Gasteiger partial charge is 0.321 e. The number of anilines is 1. The Morgan fingerprint density at radius 2 is 1.77 bits per heavy atom. The lowest BCUT2D eigenvalue weighted by molar-refractivity contribution is 0.248. The van der Waals surface area contributed by atoms with Gasteiger partial charge in [-0.05, 0) is 55.3 Å². The molecule has 0 saturated heterocycles. The number of imidazole rings is 1. The quantitative estimate of drug-likeness (QED) is 0.308. The van der Waals surface area contributed by atoms with Crippen LogP contribution in [0.1, 0.15) is 23.1 Å². The summed E-state index contributed by atoms with van der Waals surface area (Å²) in [6.45, 7) is 1.89. The number of hydrogen-bond acceptors (Lipinski definition) is 4. The number of aryl methyl sites for hydroxylation is 1. The van der Waals surface area contributed by atoms with Crippen molar-refractivity contribution in [2.24, 2.45) is 0 Å². The first-order valence-corrected chi connectivity index (χ1v) is 11.4. The molecule has 176 valence electrons. The summed E-state index contributed by atoms with van der Waals surface area (Å²) in [4.78, 5) is 21.3. The minimum Gasteiger partial charge on any atom is -0.497 e. The molecule has 8 heteroatoms. The maximum atomic E-state index is 13.2. The zero-order valence-electron chi connectivity index (χ0n) is 19.5. The van der Waals surface area contributed by atoms with Crippen LogP contribution in [-0.4, -0.2) is 32.9 Å². The van der Waals surface area contributed by atoms with Crippen molar-refractivity contribution in [1.29, 1.82) is 0 Å². The average molecular weight is 467 g/mol. The fraction of sp³-hybridized carbons (Fsp3) is 0.148. The van der Waals surface area contributed by atoms with E-state index in [-0.39, 0.29) is 12.1 Å². The Kier molecular flexibility index (Phi) is 6.17. The lowest BCUT2D eigenvalue weighted by Crippen LogP contribution is -2.34. The van der Waals surface area contributed by atoms with Crippen LogP contribution in [0.25, 0.3) is 16.7 Å². The van der Waals surface area contributed by atoms with Gasteiger partial charge in [-0.25, -0.2) is 14.5 Å². The van der Waals surface area contributed by atoms with Gasteiger partial charge in [-0.15, -0.1) is 0 Å². The number of fused-ring (bicyclic) bond motifs is 1. The summed E-state index contributed by atoms with van der Waals surface area (Å²) in [6, 6.07) is 26.4. The molecule has 0 bridgehead atoms. The summed E-state index contributed by atoms with van der Waals surface area (Å²) in [7, 11) is 1.64. The molecular weight excluding hydrogens is 440 g/mol. The van der Waals surface area contributed by atoms with Crippen LogP contribution in [0.15, 0.2) is 84.9 Å². The number of ether oxygens (including phenoxy) is 1. The summed E-state index contributed by atoms with van der Waals surface area (Å²) in [5.41, 5.74) is 4.48. The van der Waals surface area contributed by atoms with Gasteiger partial charge in [-0.2, -0.15) is 5.10 Å². The molecular formula is C27H26N6O2. The highest BCUT2D eigenvalue weighted by molar-refractivity contribution is 5.89. The van der Waals surface area contributed by atoms with Gasteiger partial charge >= 0.3 is 6.03 Å². The van der Waals surface area contributed by atoms with E-state index < -0.39 is 0 Å². The molecule has 35 heavy (non-hydrogen) atoms. The van der Waals surface area contributed by atoms with Crippen LogP contribution < -0.4 is 15.4 Å². The molecule has 2 amide bonds. The van der Waals surface area contributed by atoms with Crippen LogP contribution in [0.3, 0.4) is 0 Å². The number of nitrogens with zero attached hydrogens (tertiary/aromatic N) is 3. The Morgan fingerprint density at radius 1 is 1.03 bits per heavy atom. The molecule has 0 unspecified atom stereocenters. The third-order valence-corrected chi connectivity index (χ3v) is 5.72. The van der Waals surface area contributed by atoms with Crippen LogP contribution >= 0.6 is 0 Å². The minimum absolute atomic E-state index is 0.346. The number of nitrogens with one attached hydrogen (secondary N) is 3. The van der Waals surface area contributed by atoms with Crippen molar-refractivity contribution in [3.05, 3.63) is 102 Å². The third-order valence-electron chi connectivity index (χ3n) is 5.72. The van der Waals surface area contributed by atoms with Crippen molar-refractivity contribution in [3.8, 4) is 11.4 Å². The first-order chi connectivity index (χ1) is 17.1. The number of aromatic amines is 1. The molecule has 0 fully saturated rings. The summed E-state index contributed by atoms with van der Waals surface area (Å²) in [5.74, 6) is 2.05. The van der Waals surface area contributed by atoms with Gasteiger partial charge in [0.15, 0.2) is 0 Å². The number of H-pyrrole nitrogens is 1. The monoisotopic (exact) mass is 466 g/mol. The molecule has 5 aromatic rings. The normalized spacial score (nSPS) is 11.8. The Labute approximate surface area is 203 Å². The van der Waals surface area contributed by atoms with Gasteiger partial charge in [0.2, 0.25) is 0 Å². The summed E-state index contributed by atoms with van der Waals surface area (Å²) >= 11 is 0. The van der Waals surface area contributed by atoms with Gasteiger partial charge in [-0.3, -0.25) is 5.32 Å². The zero-order valence-corrected chi connectivity index (χ0v) is 19.5. The molecule has 0 spiro atoms. The predicted molar refractivity (Wildman–Crippen MR) is 136 cm³/mol. The number of carbonyl (C=O) groups excluding carboxylic acids is 1. The SMILES string of the molecule is COc1ccc(C[C@@H](NC(=O)Nc2cc(C)nn2-c2ccccc2)c2nc3ccccc3[nH]2)cc1. The molecule has 3 aromatic carbocycles. The van der Waals surface area contributed by atoms with Gasteiger partial charge in [0.25, 0.3) is 0 Å². The van der Waals surface area contributed by atoms with Gasteiger partial charge in [0, 0.05) is 6.07 Å². The van der Waals surface area contributed by atoms with Crippen molar-refractivity contribution < 1.29 is 9.53 Å². The van der Waals surface area contributed by atoms with Crippen LogP contribution in [-0.2, 0) is 6.42 Å². The van der Waals surface area contributed by atoms with E-state index in [0.717, 1.165) is 33.7 Å². The molecule has 0 saturated carbocycles. The fourth-order valence-electron chi connectivity index (χ4n) is 4.02. The Bertz CT molecular complexity index is 1410. The van der Waals surface area contributed by atoms with E-state index in [0.29, 0.717) is 18.1 Å². The van der Waals surface area contributed by atoms with Crippen molar-refractivity contribution in [2.75, 3.05) is 12.4 Å². The van der Waals surface area contributed by atoms with Crippen molar-refractivity contribution in [1.82, 2.24) is 25.1 Å².